The molecule has 1 aromatic carbocycles. The first kappa shape index (κ1) is 12.9. The molecule has 0 bridgehead atoms. The molecular weight excluding hydrogens is 230 g/mol. The van der Waals surface area contributed by atoms with E-state index in [1.54, 1.807) is 0 Å². The Bertz CT molecular complexity index is 413. The first-order valence-corrected chi connectivity index (χ1v) is 6.30. The maximum Gasteiger partial charge on any atom is 0.310 e. The lowest BCUT2D eigenvalue weighted by Gasteiger charge is -2.19. The Kier molecular flexibility index (Phi) is 4.20. The number of benzene rings is 1. The Morgan fingerprint density at radius 2 is 2.44 bits per heavy atom. The zero-order valence-corrected chi connectivity index (χ0v) is 10.6. The number of carboxylic acids is 1. The lowest BCUT2D eigenvalue weighted by Crippen LogP contribution is -2.30. The van der Waals surface area contributed by atoms with Crippen LogP contribution in [0.2, 0.25) is 0 Å². The molecule has 1 aliphatic rings. The van der Waals surface area contributed by atoms with Gasteiger partial charge in [-0.15, -0.1) is 0 Å². The molecule has 1 aromatic rings. The summed E-state index contributed by atoms with van der Waals surface area (Å²) in [5.74, 6) is -0.281. The Morgan fingerprint density at radius 3 is 3.06 bits per heavy atom. The van der Waals surface area contributed by atoms with Gasteiger partial charge < -0.3 is 15.2 Å². The highest BCUT2D eigenvalue weighted by atomic mass is 16.5. The molecule has 1 heterocycles. The summed E-state index contributed by atoms with van der Waals surface area (Å²) in [5.41, 5.74) is 1.11. The molecule has 98 valence electrons. The van der Waals surface area contributed by atoms with Crippen molar-refractivity contribution in [3.8, 4) is 5.75 Å². The summed E-state index contributed by atoms with van der Waals surface area (Å²) < 4.78 is 5.61. The van der Waals surface area contributed by atoms with Gasteiger partial charge in [0.25, 0.3) is 0 Å². The third-order valence-corrected chi connectivity index (χ3v) is 3.40. The van der Waals surface area contributed by atoms with Gasteiger partial charge in [-0.25, -0.2) is 0 Å². The fraction of sp³-hybridized carbons (Fsp3) is 0.500. The average molecular weight is 249 g/mol. The number of hydrogen-bond acceptors (Lipinski definition) is 3. The zero-order valence-electron chi connectivity index (χ0n) is 10.6. The molecule has 1 fully saturated rings. The van der Waals surface area contributed by atoms with E-state index in [4.69, 9.17) is 4.74 Å². The fourth-order valence-electron chi connectivity index (χ4n) is 2.32. The highest BCUT2D eigenvalue weighted by molar-refractivity contribution is 5.70. The minimum atomic E-state index is -0.767. The molecular formula is C14H19NO3. The van der Waals surface area contributed by atoms with Crippen LogP contribution in [0.1, 0.15) is 12.0 Å². The number of carbonyl (C=O) groups is 1. The van der Waals surface area contributed by atoms with Crippen molar-refractivity contribution in [3.63, 3.8) is 0 Å². The standard InChI is InChI=1S/C14H19NO3/c1-10-3-2-4-12(7-10)18-9-13(14(16)17)11-5-6-15-8-11/h2-4,7,11,13,15H,5-6,8-9H2,1H3,(H,16,17). The van der Waals surface area contributed by atoms with Gasteiger partial charge in [-0.1, -0.05) is 12.1 Å². The lowest BCUT2D eigenvalue weighted by molar-refractivity contribution is -0.144. The molecule has 0 aromatic heterocycles. The largest absolute Gasteiger partial charge is 0.493 e. The van der Waals surface area contributed by atoms with Gasteiger partial charge in [-0.2, -0.15) is 0 Å². The molecule has 0 aliphatic carbocycles. The van der Waals surface area contributed by atoms with Crippen LogP contribution in [0.3, 0.4) is 0 Å². The lowest BCUT2D eigenvalue weighted by atomic mass is 9.92. The van der Waals surface area contributed by atoms with Gasteiger partial charge in [-0.3, -0.25) is 4.79 Å². The molecule has 2 N–H and O–H groups in total. The summed E-state index contributed by atoms with van der Waals surface area (Å²) >= 11 is 0. The third kappa shape index (κ3) is 3.23. The van der Waals surface area contributed by atoms with Crippen LogP contribution in [0, 0.1) is 18.8 Å². The number of carboxylic acid groups (broad SMARTS) is 1. The third-order valence-electron chi connectivity index (χ3n) is 3.40. The second kappa shape index (κ2) is 5.87. The molecule has 2 atom stereocenters. The van der Waals surface area contributed by atoms with Gasteiger partial charge in [0, 0.05) is 0 Å². The minimum Gasteiger partial charge on any atom is -0.493 e. The Hall–Kier alpha value is -1.55. The molecule has 18 heavy (non-hydrogen) atoms. The van der Waals surface area contributed by atoms with Crippen LogP contribution >= 0.6 is 0 Å². The first-order valence-electron chi connectivity index (χ1n) is 6.30. The summed E-state index contributed by atoms with van der Waals surface area (Å²) in [6.45, 7) is 3.90. The summed E-state index contributed by atoms with van der Waals surface area (Å²) in [7, 11) is 0. The van der Waals surface area contributed by atoms with E-state index in [1.807, 2.05) is 31.2 Å². The Morgan fingerprint density at radius 1 is 1.61 bits per heavy atom. The molecule has 2 rings (SSSR count). The molecule has 0 amide bonds. The van der Waals surface area contributed by atoms with Crippen molar-refractivity contribution in [3.05, 3.63) is 29.8 Å². The van der Waals surface area contributed by atoms with Crippen molar-refractivity contribution in [2.75, 3.05) is 19.7 Å². The van der Waals surface area contributed by atoms with Crippen LogP contribution < -0.4 is 10.1 Å². The van der Waals surface area contributed by atoms with E-state index in [-0.39, 0.29) is 12.5 Å². The highest BCUT2D eigenvalue weighted by Gasteiger charge is 2.31. The van der Waals surface area contributed by atoms with Crippen LogP contribution in [0.5, 0.6) is 5.75 Å². The molecule has 0 radical (unpaired) electrons. The summed E-state index contributed by atoms with van der Waals surface area (Å²) in [4.78, 5) is 11.3. The smallest absolute Gasteiger partial charge is 0.310 e. The van der Waals surface area contributed by atoms with E-state index in [1.165, 1.54) is 0 Å². The Balaban J connectivity index is 1.95. The van der Waals surface area contributed by atoms with Gasteiger partial charge in [0.05, 0.1) is 5.92 Å². The molecule has 0 saturated carbocycles. The minimum absolute atomic E-state index is 0.173. The monoisotopic (exact) mass is 249 g/mol. The van der Waals surface area contributed by atoms with Crippen LogP contribution in [-0.4, -0.2) is 30.8 Å². The second-order valence-corrected chi connectivity index (χ2v) is 4.83. The zero-order chi connectivity index (χ0) is 13.0. The number of ether oxygens (including phenoxy) is 1. The second-order valence-electron chi connectivity index (χ2n) is 4.83. The number of aliphatic carboxylic acids is 1. The summed E-state index contributed by atoms with van der Waals surface area (Å²) in [6, 6.07) is 7.69. The average Bonchev–Trinajstić information content (AvgIpc) is 2.82. The SMILES string of the molecule is Cc1cccc(OCC(C(=O)O)C2CCNC2)c1. The van der Waals surface area contributed by atoms with Gasteiger partial charge >= 0.3 is 5.97 Å². The quantitative estimate of drug-likeness (QED) is 0.833. The van der Waals surface area contributed by atoms with Crippen LogP contribution in [0.15, 0.2) is 24.3 Å². The van der Waals surface area contributed by atoms with E-state index < -0.39 is 11.9 Å². The topological polar surface area (TPSA) is 58.6 Å². The van der Waals surface area contributed by atoms with Crippen molar-refractivity contribution in [1.82, 2.24) is 5.32 Å². The number of hydrogen-bond donors (Lipinski definition) is 2. The molecule has 4 nitrogen and oxygen atoms in total. The van der Waals surface area contributed by atoms with Crippen molar-refractivity contribution in [2.45, 2.75) is 13.3 Å². The number of aryl methyl sites for hydroxylation is 1. The molecule has 2 unspecified atom stereocenters. The summed E-state index contributed by atoms with van der Waals surface area (Å²) in [5, 5.41) is 12.5. The van der Waals surface area contributed by atoms with Crippen LogP contribution in [-0.2, 0) is 4.79 Å². The van der Waals surface area contributed by atoms with Gasteiger partial charge in [0.2, 0.25) is 0 Å². The molecule has 1 aliphatic heterocycles. The maximum atomic E-state index is 11.3. The molecule has 4 heteroatoms. The van der Waals surface area contributed by atoms with Gasteiger partial charge in [0.1, 0.15) is 12.4 Å². The number of rotatable bonds is 5. The van der Waals surface area contributed by atoms with Crippen molar-refractivity contribution in [1.29, 1.82) is 0 Å². The first-order chi connectivity index (χ1) is 8.66. The molecule has 0 spiro atoms. The fourth-order valence-corrected chi connectivity index (χ4v) is 2.32. The molecule has 1 saturated heterocycles. The van der Waals surface area contributed by atoms with E-state index >= 15 is 0 Å². The van der Waals surface area contributed by atoms with Crippen LogP contribution in [0.25, 0.3) is 0 Å². The highest BCUT2D eigenvalue weighted by Crippen LogP contribution is 2.21. The van der Waals surface area contributed by atoms with Crippen molar-refractivity contribution < 1.29 is 14.6 Å². The number of nitrogens with one attached hydrogen (secondary N) is 1. The predicted molar refractivity (Wildman–Crippen MR) is 68.8 cm³/mol. The van der Waals surface area contributed by atoms with Gasteiger partial charge in [0.15, 0.2) is 0 Å². The van der Waals surface area contributed by atoms with Gasteiger partial charge in [-0.05, 0) is 50.0 Å². The Labute approximate surface area is 107 Å². The van der Waals surface area contributed by atoms with E-state index in [0.29, 0.717) is 0 Å². The summed E-state index contributed by atoms with van der Waals surface area (Å²) in [6.07, 6.45) is 0.911. The maximum absolute atomic E-state index is 11.3. The van der Waals surface area contributed by atoms with Crippen molar-refractivity contribution >= 4 is 5.97 Å². The normalized spacial score (nSPS) is 20.6. The predicted octanol–water partition coefficient (Wildman–Crippen LogP) is 1.68. The van der Waals surface area contributed by atoms with E-state index in [2.05, 4.69) is 5.32 Å². The van der Waals surface area contributed by atoms with Crippen molar-refractivity contribution in [2.24, 2.45) is 11.8 Å². The van der Waals surface area contributed by atoms with E-state index in [9.17, 15) is 9.90 Å². The van der Waals surface area contributed by atoms with Crippen LogP contribution in [0.4, 0.5) is 0 Å². The van der Waals surface area contributed by atoms with E-state index in [0.717, 1.165) is 30.8 Å².